The lowest BCUT2D eigenvalue weighted by Crippen LogP contribution is -2.35. The molecule has 70 valence electrons. The van der Waals surface area contributed by atoms with Crippen LogP contribution in [0.15, 0.2) is 0 Å². The van der Waals surface area contributed by atoms with E-state index < -0.39 is 0 Å². The molecular formula is C10H19NO. The summed E-state index contributed by atoms with van der Waals surface area (Å²) in [6, 6.07) is 0.748. The number of hydrogen-bond acceptors (Lipinski definition) is 2. The maximum Gasteiger partial charge on any atom is 0.0480 e. The molecule has 2 heteroatoms. The Morgan fingerprint density at radius 1 is 1.08 bits per heavy atom. The van der Waals surface area contributed by atoms with Gasteiger partial charge in [0.05, 0.1) is 0 Å². The van der Waals surface area contributed by atoms with Gasteiger partial charge >= 0.3 is 0 Å². The van der Waals surface area contributed by atoms with Gasteiger partial charge in [-0.1, -0.05) is 12.8 Å². The largest absolute Gasteiger partial charge is 0.381 e. The molecule has 1 aliphatic heterocycles. The van der Waals surface area contributed by atoms with Crippen LogP contribution in [0.1, 0.15) is 32.1 Å². The summed E-state index contributed by atoms with van der Waals surface area (Å²) < 4.78 is 5.30. The fourth-order valence-electron chi connectivity index (χ4n) is 1.80. The van der Waals surface area contributed by atoms with Crippen molar-refractivity contribution in [3.63, 3.8) is 0 Å². The van der Waals surface area contributed by atoms with Crippen molar-refractivity contribution in [2.75, 3.05) is 19.8 Å². The highest BCUT2D eigenvalue weighted by Crippen LogP contribution is 2.31. The lowest BCUT2D eigenvalue weighted by molar-refractivity contribution is 0.0779. The fourth-order valence-corrected chi connectivity index (χ4v) is 1.80. The summed E-state index contributed by atoms with van der Waals surface area (Å²) in [7, 11) is 0. The minimum Gasteiger partial charge on any atom is -0.381 e. The Morgan fingerprint density at radius 2 is 1.83 bits per heavy atom. The fraction of sp³-hybridized carbons (Fsp3) is 1.00. The molecule has 1 saturated heterocycles. The van der Waals surface area contributed by atoms with Crippen molar-refractivity contribution in [3.8, 4) is 0 Å². The monoisotopic (exact) mass is 169 g/mol. The SMILES string of the molecule is C(CC1CC1)NC1CCOCC1. The van der Waals surface area contributed by atoms with Gasteiger partial charge in [0.2, 0.25) is 0 Å². The van der Waals surface area contributed by atoms with E-state index in [9.17, 15) is 0 Å². The van der Waals surface area contributed by atoms with Gasteiger partial charge in [0.25, 0.3) is 0 Å². The first-order valence-electron chi connectivity index (χ1n) is 5.26. The number of ether oxygens (including phenoxy) is 1. The molecule has 2 rings (SSSR count). The maximum atomic E-state index is 5.30. The Labute approximate surface area is 74.7 Å². The molecule has 1 saturated carbocycles. The molecule has 0 atom stereocenters. The molecule has 1 heterocycles. The summed E-state index contributed by atoms with van der Waals surface area (Å²) in [6.07, 6.45) is 6.79. The van der Waals surface area contributed by atoms with Crippen molar-refractivity contribution in [1.82, 2.24) is 5.32 Å². The van der Waals surface area contributed by atoms with Gasteiger partial charge in [-0.15, -0.1) is 0 Å². The smallest absolute Gasteiger partial charge is 0.0480 e. The van der Waals surface area contributed by atoms with Crippen LogP contribution in [0.4, 0.5) is 0 Å². The predicted molar refractivity (Wildman–Crippen MR) is 49.2 cm³/mol. The Balaban J connectivity index is 1.52. The summed E-state index contributed by atoms with van der Waals surface area (Å²) in [5.41, 5.74) is 0. The second-order valence-corrected chi connectivity index (χ2v) is 4.07. The van der Waals surface area contributed by atoms with Crippen molar-refractivity contribution < 1.29 is 4.74 Å². The van der Waals surface area contributed by atoms with E-state index in [1.165, 1.54) is 38.6 Å². The number of nitrogens with one attached hydrogen (secondary N) is 1. The van der Waals surface area contributed by atoms with Crippen molar-refractivity contribution in [3.05, 3.63) is 0 Å². The molecule has 0 aromatic rings. The maximum absolute atomic E-state index is 5.30. The predicted octanol–water partition coefficient (Wildman–Crippen LogP) is 1.56. The molecule has 1 N–H and O–H groups in total. The van der Waals surface area contributed by atoms with E-state index in [2.05, 4.69) is 5.32 Å². The normalized spacial score (nSPS) is 26.0. The van der Waals surface area contributed by atoms with Gasteiger partial charge in [-0.2, -0.15) is 0 Å². The summed E-state index contributed by atoms with van der Waals surface area (Å²) in [5.74, 6) is 1.07. The first-order valence-corrected chi connectivity index (χ1v) is 5.26. The highest BCUT2D eigenvalue weighted by atomic mass is 16.5. The first-order chi connectivity index (χ1) is 5.95. The lowest BCUT2D eigenvalue weighted by atomic mass is 10.1. The lowest BCUT2D eigenvalue weighted by Gasteiger charge is -2.23. The van der Waals surface area contributed by atoms with Gasteiger partial charge in [-0.05, 0) is 31.7 Å². The van der Waals surface area contributed by atoms with E-state index in [-0.39, 0.29) is 0 Å². The molecular weight excluding hydrogens is 150 g/mol. The Bertz CT molecular complexity index is 128. The number of rotatable bonds is 4. The zero-order valence-corrected chi connectivity index (χ0v) is 7.72. The molecule has 2 aliphatic rings. The van der Waals surface area contributed by atoms with E-state index in [0.29, 0.717) is 0 Å². The van der Waals surface area contributed by atoms with Crippen LogP contribution >= 0.6 is 0 Å². The minimum atomic E-state index is 0.748. The van der Waals surface area contributed by atoms with Crippen LogP contribution in [0.2, 0.25) is 0 Å². The van der Waals surface area contributed by atoms with Crippen molar-refractivity contribution in [1.29, 1.82) is 0 Å². The molecule has 0 bridgehead atoms. The van der Waals surface area contributed by atoms with E-state index >= 15 is 0 Å². The van der Waals surface area contributed by atoms with E-state index in [1.54, 1.807) is 0 Å². The quantitative estimate of drug-likeness (QED) is 0.689. The average Bonchev–Trinajstić information content (AvgIpc) is 2.90. The van der Waals surface area contributed by atoms with Crippen LogP contribution < -0.4 is 5.32 Å². The summed E-state index contributed by atoms with van der Waals surface area (Å²) in [6.45, 7) is 3.15. The zero-order valence-electron chi connectivity index (χ0n) is 7.72. The Kier molecular flexibility index (Phi) is 3.01. The van der Waals surface area contributed by atoms with E-state index in [4.69, 9.17) is 4.74 Å². The molecule has 0 radical (unpaired) electrons. The van der Waals surface area contributed by atoms with Gasteiger partial charge in [-0.25, -0.2) is 0 Å². The van der Waals surface area contributed by atoms with Crippen LogP contribution in [-0.2, 0) is 4.74 Å². The van der Waals surface area contributed by atoms with Crippen LogP contribution in [0.5, 0.6) is 0 Å². The van der Waals surface area contributed by atoms with Gasteiger partial charge < -0.3 is 10.1 Å². The number of hydrogen-bond donors (Lipinski definition) is 1. The van der Waals surface area contributed by atoms with Crippen LogP contribution in [0.3, 0.4) is 0 Å². The van der Waals surface area contributed by atoms with Crippen LogP contribution in [0, 0.1) is 5.92 Å². The standard InChI is InChI=1S/C10H19NO/c1-2-9(1)3-6-11-10-4-7-12-8-5-10/h9-11H,1-8H2. The molecule has 0 unspecified atom stereocenters. The molecule has 12 heavy (non-hydrogen) atoms. The van der Waals surface area contributed by atoms with Crippen molar-refractivity contribution in [2.24, 2.45) is 5.92 Å². The zero-order chi connectivity index (χ0) is 8.23. The third-order valence-electron chi connectivity index (χ3n) is 2.90. The second kappa shape index (κ2) is 4.24. The highest BCUT2D eigenvalue weighted by molar-refractivity contribution is 4.76. The average molecular weight is 169 g/mol. The molecule has 0 aromatic heterocycles. The van der Waals surface area contributed by atoms with E-state index in [0.717, 1.165) is 25.2 Å². The summed E-state index contributed by atoms with van der Waals surface area (Å²) in [4.78, 5) is 0. The van der Waals surface area contributed by atoms with Gasteiger partial charge in [0.1, 0.15) is 0 Å². The third kappa shape index (κ3) is 2.76. The van der Waals surface area contributed by atoms with Crippen LogP contribution in [0.25, 0.3) is 0 Å². The van der Waals surface area contributed by atoms with Crippen molar-refractivity contribution in [2.45, 2.75) is 38.1 Å². The van der Waals surface area contributed by atoms with Crippen LogP contribution in [-0.4, -0.2) is 25.8 Å². The molecule has 0 aromatic carbocycles. The first kappa shape index (κ1) is 8.52. The highest BCUT2D eigenvalue weighted by Gasteiger charge is 2.21. The van der Waals surface area contributed by atoms with Gasteiger partial charge in [0.15, 0.2) is 0 Å². The third-order valence-corrected chi connectivity index (χ3v) is 2.90. The topological polar surface area (TPSA) is 21.3 Å². The van der Waals surface area contributed by atoms with Gasteiger partial charge in [0, 0.05) is 19.3 Å². The second-order valence-electron chi connectivity index (χ2n) is 4.07. The summed E-state index contributed by atoms with van der Waals surface area (Å²) >= 11 is 0. The summed E-state index contributed by atoms with van der Waals surface area (Å²) in [5, 5.41) is 3.61. The Morgan fingerprint density at radius 3 is 2.50 bits per heavy atom. The van der Waals surface area contributed by atoms with E-state index in [1.807, 2.05) is 0 Å². The Hall–Kier alpha value is -0.0800. The van der Waals surface area contributed by atoms with Gasteiger partial charge in [-0.3, -0.25) is 0 Å². The molecule has 2 nitrogen and oxygen atoms in total. The van der Waals surface area contributed by atoms with Crippen molar-refractivity contribution >= 4 is 0 Å². The minimum absolute atomic E-state index is 0.748. The molecule has 1 aliphatic carbocycles. The molecule has 2 fully saturated rings. The molecule has 0 amide bonds. The molecule has 0 spiro atoms.